The second-order valence-electron chi connectivity index (χ2n) is 6.78. The highest BCUT2D eigenvalue weighted by Crippen LogP contribution is 2.30. The lowest BCUT2D eigenvalue weighted by Crippen LogP contribution is -2.51. The fourth-order valence-electron chi connectivity index (χ4n) is 3.69. The van der Waals surface area contributed by atoms with E-state index in [0.29, 0.717) is 37.7 Å². The molecule has 7 heteroatoms. The van der Waals surface area contributed by atoms with E-state index >= 15 is 0 Å². The van der Waals surface area contributed by atoms with Gasteiger partial charge in [0.15, 0.2) is 0 Å². The number of likely N-dealkylation sites (tertiary alicyclic amines) is 1. The molecule has 2 aliphatic rings. The third-order valence-corrected chi connectivity index (χ3v) is 5.01. The summed E-state index contributed by atoms with van der Waals surface area (Å²) < 4.78 is 11.6. The monoisotopic (exact) mass is 356 g/mol. The summed E-state index contributed by atoms with van der Waals surface area (Å²) in [5, 5.41) is 10.6. The van der Waals surface area contributed by atoms with E-state index in [4.69, 9.17) is 9.47 Å². The highest BCUT2D eigenvalue weighted by molar-refractivity contribution is 5.93. The van der Waals surface area contributed by atoms with Crippen molar-refractivity contribution in [2.45, 2.75) is 18.9 Å². The smallest absolute Gasteiger partial charge is 0.271 e. The Labute approximate surface area is 152 Å². The minimum atomic E-state index is -0.238. The van der Waals surface area contributed by atoms with Crippen molar-refractivity contribution >= 4 is 5.91 Å². The molecule has 0 aliphatic carbocycles. The van der Waals surface area contributed by atoms with E-state index in [-0.39, 0.29) is 11.5 Å². The number of rotatable bonds is 4. The fourth-order valence-corrected chi connectivity index (χ4v) is 3.69. The van der Waals surface area contributed by atoms with Crippen LogP contribution in [0.1, 0.15) is 23.8 Å². The van der Waals surface area contributed by atoms with Gasteiger partial charge in [0, 0.05) is 25.2 Å². The van der Waals surface area contributed by atoms with Crippen molar-refractivity contribution in [2.24, 2.45) is 0 Å². The number of aromatic nitrogens is 2. The van der Waals surface area contributed by atoms with E-state index in [1.54, 1.807) is 6.07 Å². The highest BCUT2D eigenvalue weighted by atomic mass is 16.5. The number of hydrogen-bond acceptors (Lipinski definition) is 5. The predicted octanol–water partition coefficient (Wildman–Crippen LogP) is 1.68. The molecule has 0 saturated carbocycles. The normalized spacial score (nSPS) is 22.7. The summed E-state index contributed by atoms with van der Waals surface area (Å²) in [6, 6.07) is 9.51. The number of amides is 1. The van der Waals surface area contributed by atoms with E-state index in [2.05, 4.69) is 15.5 Å². The maximum Gasteiger partial charge on any atom is 0.271 e. The van der Waals surface area contributed by atoms with Crippen LogP contribution in [0.25, 0.3) is 11.3 Å². The van der Waals surface area contributed by atoms with Gasteiger partial charge in [0.25, 0.3) is 5.91 Å². The largest absolute Gasteiger partial charge is 0.493 e. The third-order valence-electron chi connectivity index (χ3n) is 5.01. The van der Waals surface area contributed by atoms with Gasteiger partial charge in [0.1, 0.15) is 11.4 Å². The average Bonchev–Trinajstić information content (AvgIpc) is 3.31. The molecule has 2 saturated heterocycles. The zero-order valence-corrected chi connectivity index (χ0v) is 15.0. The van der Waals surface area contributed by atoms with Crippen molar-refractivity contribution in [2.75, 3.05) is 39.4 Å². The maximum atomic E-state index is 12.9. The number of aromatic amines is 1. The minimum absolute atomic E-state index is 0.0383. The van der Waals surface area contributed by atoms with E-state index < -0.39 is 0 Å². The van der Waals surface area contributed by atoms with Crippen LogP contribution >= 0.6 is 0 Å². The first-order chi connectivity index (χ1) is 12.7. The number of morpholine rings is 1. The highest BCUT2D eigenvalue weighted by Gasteiger charge is 2.42. The van der Waals surface area contributed by atoms with Gasteiger partial charge in [-0.15, -0.1) is 0 Å². The van der Waals surface area contributed by atoms with Crippen molar-refractivity contribution in [1.82, 2.24) is 20.4 Å². The van der Waals surface area contributed by atoms with Crippen LogP contribution in [0.4, 0.5) is 0 Å². The molecule has 4 rings (SSSR count). The molecule has 0 bridgehead atoms. The van der Waals surface area contributed by atoms with Crippen LogP contribution in [0.15, 0.2) is 30.3 Å². The van der Waals surface area contributed by atoms with E-state index in [0.717, 1.165) is 30.8 Å². The molecule has 26 heavy (non-hydrogen) atoms. The van der Waals surface area contributed by atoms with Gasteiger partial charge in [0.05, 0.1) is 31.1 Å². The fraction of sp³-hybridized carbons (Fsp3) is 0.474. The van der Waals surface area contributed by atoms with Gasteiger partial charge in [-0.3, -0.25) is 9.89 Å². The number of para-hydroxylation sites is 1. The SMILES string of the molecule is CCOc1ccccc1-c1cc(C(=O)N2CCC3(CNCCO3)C2)[nH]n1. The third kappa shape index (κ3) is 3.20. The summed E-state index contributed by atoms with van der Waals surface area (Å²) in [5.41, 5.74) is 1.84. The molecule has 7 nitrogen and oxygen atoms in total. The average molecular weight is 356 g/mol. The lowest BCUT2D eigenvalue weighted by atomic mass is 10.0. The molecule has 1 aromatic carbocycles. The molecule has 1 amide bonds. The van der Waals surface area contributed by atoms with Crippen LogP contribution in [-0.2, 0) is 4.74 Å². The summed E-state index contributed by atoms with van der Waals surface area (Å²) in [7, 11) is 0. The Hall–Kier alpha value is -2.38. The van der Waals surface area contributed by atoms with Gasteiger partial charge < -0.3 is 19.7 Å². The van der Waals surface area contributed by atoms with Gasteiger partial charge in [-0.1, -0.05) is 12.1 Å². The van der Waals surface area contributed by atoms with Gasteiger partial charge in [-0.2, -0.15) is 5.10 Å². The van der Waals surface area contributed by atoms with Crippen LogP contribution in [0, 0.1) is 0 Å². The molecule has 1 spiro atoms. The van der Waals surface area contributed by atoms with Crippen LogP contribution < -0.4 is 10.1 Å². The Morgan fingerprint density at radius 3 is 3.12 bits per heavy atom. The summed E-state index contributed by atoms with van der Waals surface area (Å²) >= 11 is 0. The van der Waals surface area contributed by atoms with Gasteiger partial charge in [-0.25, -0.2) is 0 Å². The molecular formula is C19H24N4O3. The summed E-state index contributed by atoms with van der Waals surface area (Å²) in [6.07, 6.45) is 0.861. The molecular weight excluding hydrogens is 332 g/mol. The van der Waals surface area contributed by atoms with E-state index in [1.807, 2.05) is 36.1 Å². The van der Waals surface area contributed by atoms with Crippen molar-refractivity contribution in [3.8, 4) is 17.0 Å². The quantitative estimate of drug-likeness (QED) is 0.871. The number of ether oxygens (including phenoxy) is 2. The zero-order chi connectivity index (χ0) is 18.0. The summed E-state index contributed by atoms with van der Waals surface area (Å²) in [4.78, 5) is 14.7. The number of H-pyrrole nitrogens is 1. The molecule has 2 aromatic rings. The topological polar surface area (TPSA) is 79.5 Å². The first-order valence-electron chi connectivity index (χ1n) is 9.12. The second kappa shape index (κ2) is 7.09. The van der Waals surface area contributed by atoms with Crippen LogP contribution in [0.5, 0.6) is 5.75 Å². The second-order valence-corrected chi connectivity index (χ2v) is 6.78. The van der Waals surface area contributed by atoms with Crippen molar-refractivity contribution in [1.29, 1.82) is 0 Å². The van der Waals surface area contributed by atoms with Crippen molar-refractivity contribution in [3.63, 3.8) is 0 Å². The Morgan fingerprint density at radius 2 is 2.31 bits per heavy atom. The maximum absolute atomic E-state index is 12.9. The minimum Gasteiger partial charge on any atom is -0.493 e. The molecule has 1 unspecified atom stereocenters. The van der Waals surface area contributed by atoms with Crippen LogP contribution in [0.2, 0.25) is 0 Å². The number of carbonyl (C=O) groups excluding carboxylic acids is 1. The lowest BCUT2D eigenvalue weighted by molar-refractivity contribution is -0.0559. The first-order valence-corrected chi connectivity index (χ1v) is 9.12. The number of nitrogens with zero attached hydrogens (tertiary/aromatic N) is 2. The van der Waals surface area contributed by atoms with Gasteiger partial charge in [-0.05, 0) is 31.5 Å². The Morgan fingerprint density at radius 1 is 1.42 bits per heavy atom. The standard InChI is InChI=1S/C19H24N4O3/c1-2-25-17-6-4-3-5-14(17)15-11-16(22-21-15)18(24)23-9-7-19(13-23)12-20-8-10-26-19/h3-6,11,20H,2,7-10,12-13H2,1H3,(H,21,22). The molecule has 2 N–H and O–H groups in total. The van der Waals surface area contributed by atoms with Crippen LogP contribution in [-0.4, -0.2) is 66.0 Å². The van der Waals surface area contributed by atoms with Crippen LogP contribution in [0.3, 0.4) is 0 Å². The van der Waals surface area contributed by atoms with Crippen molar-refractivity contribution < 1.29 is 14.3 Å². The summed E-state index contributed by atoms with van der Waals surface area (Å²) in [5.74, 6) is 0.728. The first kappa shape index (κ1) is 17.1. The van der Waals surface area contributed by atoms with Gasteiger partial charge >= 0.3 is 0 Å². The molecule has 1 atom stereocenters. The molecule has 2 fully saturated rings. The Kier molecular flexibility index (Phi) is 4.65. The summed E-state index contributed by atoms with van der Waals surface area (Å²) in [6.45, 7) is 6.21. The Bertz CT molecular complexity index is 783. The number of hydrogen-bond donors (Lipinski definition) is 2. The number of carbonyl (C=O) groups is 1. The number of nitrogens with one attached hydrogen (secondary N) is 2. The predicted molar refractivity (Wildman–Crippen MR) is 97.3 cm³/mol. The molecule has 138 valence electrons. The number of benzene rings is 1. The van der Waals surface area contributed by atoms with Gasteiger partial charge in [0.2, 0.25) is 0 Å². The van der Waals surface area contributed by atoms with Crippen molar-refractivity contribution in [3.05, 3.63) is 36.0 Å². The lowest BCUT2D eigenvalue weighted by Gasteiger charge is -2.34. The Balaban J connectivity index is 1.51. The molecule has 3 heterocycles. The van der Waals surface area contributed by atoms with E-state index in [1.165, 1.54) is 0 Å². The molecule has 1 aromatic heterocycles. The van der Waals surface area contributed by atoms with E-state index in [9.17, 15) is 4.79 Å². The zero-order valence-electron chi connectivity index (χ0n) is 15.0. The molecule has 2 aliphatic heterocycles. The molecule has 0 radical (unpaired) electrons.